The number of benzene rings is 1. The summed E-state index contributed by atoms with van der Waals surface area (Å²) in [5, 5.41) is 4.64. The molecule has 0 amide bonds. The minimum atomic E-state index is 0.480. The third-order valence-corrected chi connectivity index (χ3v) is 6.69. The van der Waals surface area contributed by atoms with E-state index in [1.165, 1.54) is 5.56 Å². The topological polar surface area (TPSA) is 58.4 Å². The molecule has 5 aromatic rings. The lowest BCUT2D eigenvalue weighted by molar-refractivity contribution is 0.482. The fourth-order valence-electron chi connectivity index (χ4n) is 5.06. The zero-order valence-corrected chi connectivity index (χ0v) is 19.8. The first-order valence-corrected chi connectivity index (χ1v) is 11.9. The average molecular weight is 449 g/mol. The van der Waals surface area contributed by atoms with Crippen LogP contribution in [-0.4, -0.2) is 45.0 Å². The molecule has 0 bridgehead atoms. The largest absolute Gasteiger partial charge is 0.354 e. The molecule has 1 aliphatic heterocycles. The van der Waals surface area contributed by atoms with E-state index in [9.17, 15) is 0 Å². The third kappa shape index (κ3) is 3.60. The van der Waals surface area contributed by atoms with Gasteiger partial charge < -0.3 is 10.2 Å². The molecule has 170 valence electrons. The van der Waals surface area contributed by atoms with Crippen molar-refractivity contribution in [1.82, 2.24) is 24.7 Å². The summed E-state index contributed by atoms with van der Waals surface area (Å²) in [6.07, 6.45) is 6.06. The Bertz CT molecular complexity index is 1520. The Morgan fingerprint density at radius 3 is 2.71 bits per heavy atom. The maximum absolute atomic E-state index is 4.85. The van der Waals surface area contributed by atoms with Crippen LogP contribution in [0.15, 0.2) is 67.1 Å². The van der Waals surface area contributed by atoms with Gasteiger partial charge in [0.15, 0.2) is 0 Å². The SMILES string of the molecule is Cc1cc(-c2cnc3cc(-c4cnc(N5CCN[C@@H](C)C5)c(C)c4)ccn23)c2ccccc2n1. The number of imidazole rings is 1. The van der Waals surface area contributed by atoms with Gasteiger partial charge in [0.1, 0.15) is 11.5 Å². The number of pyridine rings is 3. The number of hydrogen-bond acceptors (Lipinski definition) is 5. The van der Waals surface area contributed by atoms with E-state index in [2.05, 4.69) is 82.1 Å². The van der Waals surface area contributed by atoms with Crippen molar-refractivity contribution in [3.63, 3.8) is 0 Å². The van der Waals surface area contributed by atoms with E-state index in [1.807, 2.05) is 25.4 Å². The molecule has 0 spiro atoms. The maximum atomic E-state index is 4.85. The van der Waals surface area contributed by atoms with Gasteiger partial charge >= 0.3 is 0 Å². The van der Waals surface area contributed by atoms with E-state index < -0.39 is 0 Å². The number of aryl methyl sites for hydroxylation is 2. The molecular weight excluding hydrogens is 420 g/mol. The Hall–Kier alpha value is -3.77. The molecule has 1 fully saturated rings. The summed E-state index contributed by atoms with van der Waals surface area (Å²) in [7, 11) is 0. The Kier molecular flexibility index (Phi) is 5.03. The van der Waals surface area contributed by atoms with Gasteiger partial charge in [-0.1, -0.05) is 18.2 Å². The van der Waals surface area contributed by atoms with Crippen molar-refractivity contribution in [3.8, 4) is 22.4 Å². The lowest BCUT2D eigenvalue weighted by Gasteiger charge is -2.33. The summed E-state index contributed by atoms with van der Waals surface area (Å²) in [5.74, 6) is 1.08. The molecule has 1 aromatic carbocycles. The summed E-state index contributed by atoms with van der Waals surface area (Å²) in [4.78, 5) is 16.7. The third-order valence-electron chi connectivity index (χ3n) is 6.69. The van der Waals surface area contributed by atoms with Crippen LogP contribution in [0.2, 0.25) is 0 Å². The minimum Gasteiger partial charge on any atom is -0.354 e. The van der Waals surface area contributed by atoms with Crippen LogP contribution in [0, 0.1) is 13.8 Å². The molecule has 34 heavy (non-hydrogen) atoms. The number of para-hydroxylation sites is 1. The number of anilines is 1. The number of nitrogens with one attached hydrogen (secondary N) is 1. The summed E-state index contributed by atoms with van der Waals surface area (Å²) in [5.41, 5.74) is 8.58. The average Bonchev–Trinajstić information content (AvgIpc) is 3.26. The molecule has 6 rings (SSSR count). The molecule has 0 unspecified atom stereocenters. The molecule has 6 heteroatoms. The molecule has 0 aliphatic carbocycles. The first-order chi connectivity index (χ1) is 16.6. The first-order valence-electron chi connectivity index (χ1n) is 11.9. The van der Waals surface area contributed by atoms with Gasteiger partial charge in [0.05, 0.1) is 17.4 Å². The van der Waals surface area contributed by atoms with Gasteiger partial charge in [-0.25, -0.2) is 9.97 Å². The molecule has 1 atom stereocenters. The minimum absolute atomic E-state index is 0.480. The maximum Gasteiger partial charge on any atom is 0.137 e. The molecule has 0 saturated carbocycles. The first kappa shape index (κ1) is 20.8. The number of hydrogen-bond donors (Lipinski definition) is 1. The summed E-state index contributed by atoms with van der Waals surface area (Å²) < 4.78 is 2.15. The van der Waals surface area contributed by atoms with E-state index in [0.717, 1.165) is 70.1 Å². The number of fused-ring (bicyclic) bond motifs is 2. The van der Waals surface area contributed by atoms with E-state index in [4.69, 9.17) is 9.97 Å². The highest BCUT2D eigenvalue weighted by Gasteiger charge is 2.19. The fourth-order valence-corrected chi connectivity index (χ4v) is 5.06. The van der Waals surface area contributed by atoms with Crippen molar-refractivity contribution in [2.75, 3.05) is 24.5 Å². The molecule has 6 nitrogen and oxygen atoms in total. The van der Waals surface area contributed by atoms with Crippen molar-refractivity contribution < 1.29 is 0 Å². The smallest absolute Gasteiger partial charge is 0.137 e. The molecule has 1 N–H and O–H groups in total. The zero-order valence-electron chi connectivity index (χ0n) is 19.8. The predicted octanol–water partition coefficient (Wildman–Crippen LogP) is 5.03. The lowest BCUT2D eigenvalue weighted by atomic mass is 10.0. The van der Waals surface area contributed by atoms with Gasteiger partial charge in [-0.3, -0.25) is 9.38 Å². The van der Waals surface area contributed by atoms with Crippen molar-refractivity contribution in [2.24, 2.45) is 0 Å². The van der Waals surface area contributed by atoms with E-state index in [0.29, 0.717) is 6.04 Å². The number of aromatic nitrogens is 4. The van der Waals surface area contributed by atoms with Crippen molar-refractivity contribution in [3.05, 3.63) is 78.4 Å². The van der Waals surface area contributed by atoms with Crippen molar-refractivity contribution in [2.45, 2.75) is 26.8 Å². The number of piperazine rings is 1. The molecular formula is C28H28N6. The van der Waals surface area contributed by atoms with E-state index >= 15 is 0 Å². The highest BCUT2D eigenvalue weighted by molar-refractivity contribution is 5.94. The Morgan fingerprint density at radius 1 is 0.971 bits per heavy atom. The van der Waals surface area contributed by atoms with E-state index in [-0.39, 0.29) is 0 Å². The van der Waals surface area contributed by atoms with Crippen LogP contribution in [0.1, 0.15) is 18.2 Å². The Labute approximate surface area is 199 Å². The van der Waals surface area contributed by atoms with Gasteiger partial charge in [-0.15, -0.1) is 0 Å². The lowest BCUT2D eigenvalue weighted by Crippen LogP contribution is -2.49. The summed E-state index contributed by atoms with van der Waals surface area (Å²) in [6, 6.07) is 17.4. The standard InChI is InChI=1S/C28H28N6/c1-18-12-22(15-31-28(18)33-11-9-29-20(3)17-33)21-8-10-34-26(16-30-27(34)14-21)24-13-19(2)32-25-7-5-4-6-23(24)25/h4-8,10,12-16,20,29H,9,11,17H2,1-3H3/t20-/m0/s1. The molecule has 5 heterocycles. The monoisotopic (exact) mass is 448 g/mol. The van der Waals surface area contributed by atoms with Gasteiger partial charge in [0, 0.05) is 60.3 Å². The van der Waals surface area contributed by atoms with Gasteiger partial charge in [0.2, 0.25) is 0 Å². The summed E-state index contributed by atoms with van der Waals surface area (Å²) in [6.45, 7) is 9.39. The number of nitrogens with zero attached hydrogens (tertiary/aromatic N) is 5. The van der Waals surface area contributed by atoms with Crippen LogP contribution in [0.25, 0.3) is 38.9 Å². The molecule has 1 saturated heterocycles. The van der Waals surface area contributed by atoms with Crippen LogP contribution in [0.3, 0.4) is 0 Å². The molecule has 4 aromatic heterocycles. The summed E-state index contributed by atoms with van der Waals surface area (Å²) >= 11 is 0. The number of rotatable bonds is 3. The van der Waals surface area contributed by atoms with Crippen LogP contribution >= 0.6 is 0 Å². The van der Waals surface area contributed by atoms with Crippen LogP contribution in [0.5, 0.6) is 0 Å². The van der Waals surface area contributed by atoms with Gasteiger partial charge in [-0.05, 0) is 62.2 Å². The highest BCUT2D eigenvalue weighted by atomic mass is 15.2. The normalized spacial score (nSPS) is 16.4. The second-order valence-corrected chi connectivity index (χ2v) is 9.28. The van der Waals surface area contributed by atoms with Crippen LogP contribution in [-0.2, 0) is 0 Å². The predicted molar refractivity (Wildman–Crippen MR) is 138 cm³/mol. The van der Waals surface area contributed by atoms with E-state index in [1.54, 1.807) is 0 Å². The Morgan fingerprint density at radius 2 is 1.85 bits per heavy atom. The second-order valence-electron chi connectivity index (χ2n) is 9.28. The Balaban J connectivity index is 1.38. The molecule has 1 aliphatic rings. The molecule has 0 radical (unpaired) electrons. The highest BCUT2D eigenvalue weighted by Crippen LogP contribution is 2.31. The van der Waals surface area contributed by atoms with Gasteiger partial charge in [-0.2, -0.15) is 0 Å². The zero-order chi connectivity index (χ0) is 23.2. The van der Waals surface area contributed by atoms with Gasteiger partial charge in [0.25, 0.3) is 0 Å². The van der Waals surface area contributed by atoms with Crippen molar-refractivity contribution in [1.29, 1.82) is 0 Å². The second kappa shape index (κ2) is 8.22. The van der Waals surface area contributed by atoms with Crippen LogP contribution < -0.4 is 10.2 Å². The van der Waals surface area contributed by atoms with Crippen molar-refractivity contribution >= 4 is 22.4 Å². The quantitative estimate of drug-likeness (QED) is 0.420. The fraction of sp³-hybridized carbons (Fsp3) is 0.250. The van der Waals surface area contributed by atoms with Crippen LogP contribution in [0.4, 0.5) is 5.82 Å².